The van der Waals surface area contributed by atoms with Crippen molar-refractivity contribution in [3.05, 3.63) is 0 Å². The standard InChI is InChI=1S/C14H32N2/c1-7-9-14(5,11-15-8-2)12-16(6)10-13(3)4/h13,15H,7-12H2,1-6H3. The largest absolute Gasteiger partial charge is 0.316 e. The molecule has 0 saturated heterocycles. The lowest BCUT2D eigenvalue weighted by atomic mass is 9.84. The van der Waals surface area contributed by atoms with Crippen LogP contribution < -0.4 is 5.32 Å². The molecule has 98 valence electrons. The quantitative estimate of drug-likeness (QED) is 0.652. The second-order valence-corrected chi connectivity index (χ2v) is 5.93. The zero-order chi connectivity index (χ0) is 12.6. The minimum atomic E-state index is 0.425. The summed E-state index contributed by atoms with van der Waals surface area (Å²) in [6.45, 7) is 16.1. The van der Waals surface area contributed by atoms with Gasteiger partial charge in [0.1, 0.15) is 0 Å². The maximum absolute atomic E-state index is 3.51. The van der Waals surface area contributed by atoms with E-state index in [1.165, 1.54) is 25.9 Å². The second kappa shape index (κ2) is 8.08. The van der Waals surface area contributed by atoms with E-state index in [4.69, 9.17) is 0 Å². The molecule has 2 heteroatoms. The molecule has 0 aromatic rings. The Morgan fingerprint density at radius 1 is 1.25 bits per heavy atom. The lowest BCUT2D eigenvalue weighted by Crippen LogP contribution is -2.42. The smallest absolute Gasteiger partial charge is 0.00445 e. The van der Waals surface area contributed by atoms with Crippen LogP contribution >= 0.6 is 0 Å². The van der Waals surface area contributed by atoms with Crippen molar-refractivity contribution < 1.29 is 0 Å². The molecule has 0 aromatic carbocycles. The van der Waals surface area contributed by atoms with Gasteiger partial charge < -0.3 is 10.2 Å². The fourth-order valence-corrected chi connectivity index (χ4v) is 2.59. The number of nitrogens with one attached hydrogen (secondary N) is 1. The summed E-state index contributed by atoms with van der Waals surface area (Å²) in [5.74, 6) is 0.759. The van der Waals surface area contributed by atoms with Crippen molar-refractivity contribution >= 4 is 0 Å². The van der Waals surface area contributed by atoms with Crippen molar-refractivity contribution in [2.75, 3.05) is 33.2 Å². The van der Waals surface area contributed by atoms with Gasteiger partial charge in [-0.1, -0.05) is 41.0 Å². The summed E-state index contributed by atoms with van der Waals surface area (Å²) in [5, 5.41) is 3.51. The second-order valence-electron chi connectivity index (χ2n) is 5.93. The van der Waals surface area contributed by atoms with Crippen molar-refractivity contribution in [1.29, 1.82) is 0 Å². The fraction of sp³-hybridized carbons (Fsp3) is 1.00. The normalized spacial score (nSPS) is 15.8. The Morgan fingerprint density at radius 3 is 2.31 bits per heavy atom. The third-order valence-corrected chi connectivity index (χ3v) is 2.98. The third-order valence-electron chi connectivity index (χ3n) is 2.98. The van der Waals surface area contributed by atoms with Crippen molar-refractivity contribution in [1.82, 2.24) is 10.2 Å². The van der Waals surface area contributed by atoms with E-state index in [0.717, 1.165) is 19.0 Å². The maximum atomic E-state index is 3.51. The van der Waals surface area contributed by atoms with Gasteiger partial charge in [0.15, 0.2) is 0 Å². The van der Waals surface area contributed by atoms with Gasteiger partial charge in [0.25, 0.3) is 0 Å². The Morgan fingerprint density at radius 2 is 1.88 bits per heavy atom. The van der Waals surface area contributed by atoms with Crippen LogP contribution in [0.25, 0.3) is 0 Å². The van der Waals surface area contributed by atoms with Gasteiger partial charge in [-0.15, -0.1) is 0 Å². The van der Waals surface area contributed by atoms with Crippen LogP contribution in [0.2, 0.25) is 0 Å². The lowest BCUT2D eigenvalue weighted by molar-refractivity contribution is 0.162. The average Bonchev–Trinajstić information content (AvgIpc) is 2.13. The van der Waals surface area contributed by atoms with Crippen molar-refractivity contribution in [3.63, 3.8) is 0 Å². The SMILES string of the molecule is CCCC(C)(CNCC)CN(C)CC(C)C. The van der Waals surface area contributed by atoms with Crippen LogP contribution in [0.4, 0.5) is 0 Å². The summed E-state index contributed by atoms with van der Waals surface area (Å²) in [6, 6.07) is 0. The van der Waals surface area contributed by atoms with E-state index >= 15 is 0 Å². The minimum Gasteiger partial charge on any atom is -0.316 e. The van der Waals surface area contributed by atoms with E-state index in [-0.39, 0.29) is 0 Å². The summed E-state index contributed by atoms with van der Waals surface area (Å²) in [5.41, 5.74) is 0.425. The van der Waals surface area contributed by atoms with Gasteiger partial charge in [0.2, 0.25) is 0 Å². The minimum absolute atomic E-state index is 0.425. The summed E-state index contributed by atoms with van der Waals surface area (Å²) in [6.07, 6.45) is 2.58. The Kier molecular flexibility index (Phi) is 8.04. The molecule has 1 unspecified atom stereocenters. The maximum Gasteiger partial charge on any atom is 0.00445 e. The van der Waals surface area contributed by atoms with Crippen LogP contribution in [0.3, 0.4) is 0 Å². The Balaban J connectivity index is 4.18. The van der Waals surface area contributed by atoms with Gasteiger partial charge in [-0.25, -0.2) is 0 Å². The van der Waals surface area contributed by atoms with Crippen molar-refractivity contribution in [2.45, 2.75) is 47.5 Å². The van der Waals surface area contributed by atoms with E-state index in [2.05, 4.69) is 51.9 Å². The number of nitrogens with zero attached hydrogens (tertiary/aromatic N) is 1. The van der Waals surface area contributed by atoms with Gasteiger partial charge in [-0.05, 0) is 31.3 Å². The van der Waals surface area contributed by atoms with E-state index in [1.807, 2.05) is 0 Å². The predicted octanol–water partition coefficient (Wildman–Crippen LogP) is 2.99. The molecule has 16 heavy (non-hydrogen) atoms. The van der Waals surface area contributed by atoms with Crippen LogP contribution in [0, 0.1) is 11.3 Å². The van der Waals surface area contributed by atoms with E-state index in [9.17, 15) is 0 Å². The summed E-state index contributed by atoms with van der Waals surface area (Å²) < 4.78 is 0. The van der Waals surface area contributed by atoms with Gasteiger partial charge >= 0.3 is 0 Å². The topological polar surface area (TPSA) is 15.3 Å². The highest BCUT2D eigenvalue weighted by atomic mass is 15.1. The number of rotatable bonds is 9. The average molecular weight is 228 g/mol. The van der Waals surface area contributed by atoms with Crippen LogP contribution in [0.5, 0.6) is 0 Å². The first-order valence-corrected chi connectivity index (χ1v) is 6.82. The van der Waals surface area contributed by atoms with Gasteiger partial charge in [-0.3, -0.25) is 0 Å². The molecule has 0 aliphatic heterocycles. The fourth-order valence-electron chi connectivity index (χ4n) is 2.59. The molecule has 0 heterocycles. The van der Waals surface area contributed by atoms with Crippen LogP contribution in [0.15, 0.2) is 0 Å². The molecular formula is C14H32N2. The Labute approximate surface area is 103 Å². The van der Waals surface area contributed by atoms with Crippen molar-refractivity contribution in [2.24, 2.45) is 11.3 Å². The molecular weight excluding hydrogens is 196 g/mol. The van der Waals surface area contributed by atoms with Gasteiger partial charge in [0, 0.05) is 19.6 Å². The monoisotopic (exact) mass is 228 g/mol. The molecule has 1 atom stereocenters. The molecule has 0 aromatic heterocycles. The van der Waals surface area contributed by atoms with Crippen LogP contribution in [0.1, 0.15) is 47.5 Å². The first kappa shape index (κ1) is 15.9. The highest BCUT2D eigenvalue weighted by Gasteiger charge is 2.24. The summed E-state index contributed by atoms with van der Waals surface area (Å²) in [7, 11) is 2.25. The lowest BCUT2D eigenvalue weighted by Gasteiger charge is -2.34. The van der Waals surface area contributed by atoms with E-state index < -0.39 is 0 Å². The number of hydrogen-bond acceptors (Lipinski definition) is 2. The highest BCUT2D eigenvalue weighted by molar-refractivity contribution is 4.79. The molecule has 0 aliphatic rings. The van der Waals surface area contributed by atoms with E-state index in [1.54, 1.807) is 0 Å². The molecule has 0 radical (unpaired) electrons. The summed E-state index contributed by atoms with van der Waals surface area (Å²) in [4.78, 5) is 2.48. The van der Waals surface area contributed by atoms with Crippen LogP contribution in [-0.2, 0) is 0 Å². The number of hydrogen-bond donors (Lipinski definition) is 1. The Bertz CT molecular complexity index is 168. The third kappa shape index (κ3) is 7.24. The molecule has 2 nitrogen and oxygen atoms in total. The molecule has 0 amide bonds. The first-order valence-electron chi connectivity index (χ1n) is 6.82. The van der Waals surface area contributed by atoms with Crippen molar-refractivity contribution in [3.8, 4) is 0 Å². The molecule has 0 saturated carbocycles. The Hall–Kier alpha value is -0.0800. The van der Waals surface area contributed by atoms with Crippen LogP contribution in [-0.4, -0.2) is 38.1 Å². The summed E-state index contributed by atoms with van der Waals surface area (Å²) >= 11 is 0. The zero-order valence-electron chi connectivity index (χ0n) is 12.3. The first-order chi connectivity index (χ1) is 7.43. The molecule has 0 bridgehead atoms. The molecule has 0 rings (SSSR count). The molecule has 0 aliphatic carbocycles. The predicted molar refractivity (Wildman–Crippen MR) is 73.9 cm³/mol. The molecule has 1 N–H and O–H groups in total. The highest BCUT2D eigenvalue weighted by Crippen LogP contribution is 2.23. The zero-order valence-corrected chi connectivity index (χ0v) is 12.3. The molecule has 0 spiro atoms. The van der Waals surface area contributed by atoms with E-state index in [0.29, 0.717) is 5.41 Å². The molecule has 0 fully saturated rings. The van der Waals surface area contributed by atoms with Gasteiger partial charge in [-0.2, -0.15) is 0 Å². The van der Waals surface area contributed by atoms with Gasteiger partial charge in [0.05, 0.1) is 0 Å².